The summed E-state index contributed by atoms with van der Waals surface area (Å²) in [7, 11) is 5.17. The molecule has 1 atom stereocenters. The maximum absolute atomic E-state index is 12.6. The first-order valence-electron chi connectivity index (χ1n) is 12.0. The van der Waals surface area contributed by atoms with E-state index in [0.717, 1.165) is 34.3 Å². The van der Waals surface area contributed by atoms with E-state index in [-0.39, 0.29) is 19.5 Å². The number of anilines is 2. The van der Waals surface area contributed by atoms with Crippen molar-refractivity contribution in [2.75, 3.05) is 36.0 Å². The second-order valence-electron chi connectivity index (χ2n) is 9.19. The zero-order valence-corrected chi connectivity index (χ0v) is 20.1. The number of hydrogen-bond donors (Lipinski definition) is 3. The largest absolute Gasteiger partial charge is 0.520 e. The van der Waals surface area contributed by atoms with Gasteiger partial charge in [0.25, 0.3) is 5.91 Å². The molecule has 5 rings (SSSR count). The fourth-order valence-electron chi connectivity index (χ4n) is 5.24. The number of aromatic amines is 1. The van der Waals surface area contributed by atoms with Gasteiger partial charge in [-0.05, 0) is 17.9 Å². The van der Waals surface area contributed by atoms with Gasteiger partial charge in [0, 0.05) is 48.5 Å². The molecule has 1 saturated heterocycles. The number of benzene rings is 2. The fourth-order valence-corrected chi connectivity index (χ4v) is 5.24. The summed E-state index contributed by atoms with van der Waals surface area (Å²) in [6.45, 7) is 1.99. The fraction of sp³-hybridized carbons (Fsp3) is 0.308. The van der Waals surface area contributed by atoms with Crippen molar-refractivity contribution in [2.45, 2.75) is 25.4 Å². The van der Waals surface area contributed by atoms with Crippen molar-refractivity contribution >= 4 is 36.0 Å². The van der Waals surface area contributed by atoms with Gasteiger partial charge in [-0.3, -0.25) is 4.79 Å². The molecule has 0 unspecified atom stereocenters. The number of amides is 1. The SMILES string of the molecule is [B]/C(O)=C(/O)C(=O)N1CCN(c2nc(=O)[nH]c3c2CCN(c2cccc4ccccc24)C3)C[C@@H]1CC#N. The maximum Gasteiger partial charge on any atom is 0.347 e. The van der Waals surface area contributed by atoms with E-state index >= 15 is 0 Å². The van der Waals surface area contributed by atoms with Gasteiger partial charge in [-0.15, -0.1) is 0 Å². The van der Waals surface area contributed by atoms with Gasteiger partial charge in [0.1, 0.15) is 5.82 Å². The number of aliphatic hydroxyl groups is 2. The van der Waals surface area contributed by atoms with E-state index in [1.54, 1.807) is 0 Å². The van der Waals surface area contributed by atoms with Crippen LogP contribution >= 0.6 is 0 Å². The monoisotopic (exact) mass is 496 g/mol. The third-order valence-electron chi connectivity index (χ3n) is 7.00. The van der Waals surface area contributed by atoms with Crippen molar-refractivity contribution < 1.29 is 15.0 Å². The van der Waals surface area contributed by atoms with Crippen LogP contribution in [0, 0.1) is 11.3 Å². The van der Waals surface area contributed by atoms with Crippen LogP contribution in [-0.2, 0) is 17.8 Å². The average Bonchev–Trinajstić information content (AvgIpc) is 2.91. The van der Waals surface area contributed by atoms with E-state index in [1.165, 1.54) is 4.90 Å². The number of carbonyl (C=O) groups excluding carboxylic acids is 1. The number of nitrogens with zero attached hydrogens (tertiary/aromatic N) is 5. The van der Waals surface area contributed by atoms with Gasteiger partial charge in [0.15, 0.2) is 7.85 Å². The van der Waals surface area contributed by atoms with Crippen LogP contribution in [-0.4, -0.2) is 71.1 Å². The highest BCUT2D eigenvalue weighted by atomic mass is 16.3. The van der Waals surface area contributed by atoms with Gasteiger partial charge in [-0.1, -0.05) is 36.4 Å². The lowest BCUT2D eigenvalue weighted by Crippen LogP contribution is -2.56. The molecule has 2 aromatic carbocycles. The Balaban J connectivity index is 1.43. The minimum absolute atomic E-state index is 0.00109. The van der Waals surface area contributed by atoms with Crippen LogP contribution in [0.1, 0.15) is 17.7 Å². The topological polar surface area (TPSA) is 137 Å². The summed E-state index contributed by atoms with van der Waals surface area (Å²) in [6.07, 6.45) is 0.658. The lowest BCUT2D eigenvalue weighted by molar-refractivity contribution is -0.132. The van der Waals surface area contributed by atoms with Gasteiger partial charge >= 0.3 is 5.69 Å². The van der Waals surface area contributed by atoms with Crippen molar-refractivity contribution in [2.24, 2.45) is 0 Å². The molecule has 11 heteroatoms. The Kier molecular flexibility index (Phi) is 6.48. The van der Waals surface area contributed by atoms with Crippen LogP contribution in [0.15, 0.2) is 58.7 Å². The first kappa shape index (κ1) is 24.2. The number of piperazine rings is 1. The number of nitrogens with one attached hydrogen (secondary N) is 1. The van der Waals surface area contributed by atoms with Gasteiger partial charge in [-0.25, -0.2) is 4.79 Å². The molecule has 0 saturated carbocycles. The first-order chi connectivity index (χ1) is 17.9. The standard InChI is InChI=1S/C26H25BN6O4/c27-23(35)22(34)25(36)33-13-12-32(14-17(33)8-10-28)24-19-9-11-31(15-20(19)29-26(37)30-24)21-7-3-5-16-4-1-2-6-18(16)21/h1-7,17,34-35H,8-9,11-15H2,(H,29,30,37)/b23-22-/t17-/m0/s1. The molecule has 3 heterocycles. The highest BCUT2D eigenvalue weighted by molar-refractivity contribution is 6.22. The van der Waals surface area contributed by atoms with Crippen molar-refractivity contribution in [1.82, 2.24) is 14.9 Å². The van der Waals surface area contributed by atoms with Crippen molar-refractivity contribution in [1.29, 1.82) is 5.26 Å². The van der Waals surface area contributed by atoms with Crippen molar-refractivity contribution in [3.05, 3.63) is 75.6 Å². The summed E-state index contributed by atoms with van der Waals surface area (Å²) in [4.78, 5) is 37.9. The molecule has 0 aliphatic carbocycles. The van der Waals surface area contributed by atoms with Gasteiger partial charge in [0.2, 0.25) is 5.76 Å². The predicted molar refractivity (Wildman–Crippen MR) is 140 cm³/mol. The number of rotatable bonds is 4. The molecule has 3 aromatic rings. The summed E-state index contributed by atoms with van der Waals surface area (Å²) in [5.74, 6) is -1.24. The van der Waals surface area contributed by atoms with E-state index in [0.29, 0.717) is 25.3 Å². The molecule has 2 aliphatic rings. The number of nitriles is 1. The van der Waals surface area contributed by atoms with Crippen LogP contribution in [0.25, 0.3) is 10.8 Å². The van der Waals surface area contributed by atoms with Crippen molar-refractivity contribution in [3.8, 4) is 6.07 Å². The summed E-state index contributed by atoms with van der Waals surface area (Å²) in [5.41, 5.74) is 1.40. The molecule has 0 bridgehead atoms. The molecular weight excluding hydrogens is 471 g/mol. The maximum atomic E-state index is 12.6. The number of carbonyl (C=O) groups is 1. The van der Waals surface area contributed by atoms with E-state index in [1.807, 2.05) is 23.1 Å². The van der Waals surface area contributed by atoms with Crippen LogP contribution < -0.4 is 15.5 Å². The predicted octanol–water partition coefficient (Wildman–Crippen LogP) is 1.87. The Labute approximate surface area is 214 Å². The molecular formula is C26H25BN6O4. The summed E-state index contributed by atoms with van der Waals surface area (Å²) >= 11 is 0. The number of fused-ring (bicyclic) bond motifs is 2. The molecule has 3 N–H and O–H groups in total. The minimum Gasteiger partial charge on any atom is -0.520 e. The molecule has 0 spiro atoms. The third kappa shape index (κ3) is 4.58. The van der Waals surface area contributed by atoms with E-state index in [2.05, 4.69) is 45.2 Å². The molecule has 1 amide bonds. The number of hydrogen-bond acceptors (Lipinski definition) is 8. The second kappa shape index (κ2) is 9.89. The van der Waals surface area contributed by atoms with E-state index in [9.17, 15) is 25.1 Å². The lowest BCUT2D eigenvalue weighted by atomic mass is 10.0. The number of aliphatic hydroxyl groups excluding tert-OH is 2. The Morgan fingerprint density at radius 2 is 1.92 bits per heavy atom. The van der Waals surface area contributed by atoms with Gasteiger partial charge in [-0.2, -0.15) is 10.2 Å². The molecule has 2 radical (unpaired) electrons. The van der Waals surface area contributed by atoms with Crippen LogP contribution in [0.3, 0.4) is 0 Å². The van der Waals surface area contributed by atoms with Crippen molar-refractivity contribution in [3.63, 3.8) is 0 Å². The Bertz CT molecular complexity index is 1490. The zero-order valence-electron chi connectivity index (χ0n) is 20.1. The van der Waals surface area contributed by atoms with Crippen LogP contribution in [0.4, 0.5) is 11.5 Å². The Hall–Kier alpha value is -4.46. The molecule has 10 nitrogen and oxygen atoms in total. The summed E-state index contributed by atoms with van der Waals surface area (Å²) < 4.78 is 0. The number of aromatic nitrogens is 2. The van der Waals surface area contributed by atoms with E-state index < -0.39 is 29.1 Å². The average molecular weight is 496 g/mol. The quantitative estimate of drug-likeness (QED) is 0.283. The Morgan fingerprint density at radius 3 is 2.70 bits per heavy atom. The first-order valence-corrected chi connectivity index (χ1v) is 12.0. The van der Waals surface area contributed by atoms with Crippen LogP contribution in [0.2, 0.25) is 0 Å². The smallest absolute Gasteiger partial charge is 0.347 e. The van der Waals surface area contributed by atoms with Crippen LogP contribution in [0.5, 0.6) is 0 Å². The highest BCUT2D eigenvalue weighted by Crippen LogP contribution is 2.33. The molecule has 2 aliphatic heterocycles. The summed E-state index contributed by atoms with van der Waals surface area (Å²) in [6, 6.07) is 15.9. The van der Waals surface area contributed by atoms with Gasteiger partial charge in [0.05, 0.1) is 30.7 Å². The molecule has 1 fully saturated rings. The summed E-state index contributed by atoms with van der Waals surface area (Å²) in [5, 5.41) is 30.8. The molecule has 1 aromatic heterocycles. The second-order valence-corrected chi connectivity index (χ2v) is 9.19. The molecule has 37 heavy (non-hydrogen) atoms. The zero-order chi connectivity index (χ0) is 26.1. The minimum atomic E-state index is -0.968. The third-order valence-corrected chi connectivity index (χ3v) is 7.00. The normalized spacial score (nSPS) is 18.2. The molecule has 186 valence electrons. The van der Waals surface area contributed by atoms with E-state index in [4.69, 9.17) is 7.85 Å². The Morgan fingerprint density at radius 1 is 1.14 bits per heavy atom. The van der Waals surface area contributed by atoms with Gasteiger partial charge < -0.3 is 29.9 Å². The lowest BCUT2D eigenvalue weighted by Gasteiger charge is -2.42. The number of H-pyrrole nitrogens is 1. The highest BCUT2D eigenvalue weighted by Gasteiger charge is 2.35.